The number of phenolic OH excluding ortho intramolecular Hbond substituents is 1. The van der Waals surface area contributed by atoms with Crippen molar-refractivity contribution in [2.75, 3.05) is 12.4 Å². The molecule has 0 fully saturated rings. The number of fused-ring (bicyclic) bond motifs is 3. The van der Waals surface area contributed by atoms with Gasteiger partial charge in [0, 0.05) is 27.2 Å². The number of phenols is 1. The van der Waals surface area contributed by atoms with Crippen LogP contribution in [0.2, 0.25) is 0 Å². The third kappa shape index (κ3) is 1.18. The molecule has 0 unspecified atom stereocenters. The van der Waals surface area contributed by atoms with Crippen molar-refractivity contribution < 1.29 is 5.11 Å². The summed E-state index contributed by atoms with van der Waals surface area (Å²) in [5.74, 6) is 0.345. The molecule has 0 aliphatic rings. The first-order valence-electron chi connectivity index (χ1n) is 5.12. The molecule has 0 bridgehead atoms. The lowest BCUT2D eigenvalue weighted by Crippen LogP contribution is -1.87. The van der Waals surface area contributed by atoms with Gasteiger partial charge in [0.1, 0.15) is 5.75 Å². The van der Waals surface area contributed by atoms with Crippen LogP contribution in [-0.4, -0.2) is 12.2 Å². The summed E-state index contributed by atoms with van der Waals surface area (Å²) in [6.45, 7) is 0. The zero-order chi connectivity index (χ0) is 11.1. The quantitative estimate of drug-likeness (QED) is 0.622. The highest BCUT2D eigenvalue weighted by Gasteiger charge is 2.11. The average Bonchev–Trinajstić information content (AvgIpc) is 2.68. The predicted octanol–water partition coefficient (Wildman–Crippen LogP) is 3.80. The molecule has 0 atom stereocenters. The van der Waals surface area contributed by atoms with E-state index in [0.717, 1.165) is 21.2 Å². The Bertz CT molecular complexity index is 672. The molecule has 2 aromatic carbocycles. The highest BCUT2D eigenvalue weighted by atomic mass is 32.1. The summed E-state index contributed by atoms with van der Waals surface area (Å²) in [5, 5.41) is 15.3. The minimum absolute atomic E-state index is 0.345. The number of rotatable bonds is 1. The van der Waals surface area contributed by atoms with Crippen LogP contribution >= 0.6 is 11.3 Å². The van der Waals surface area contributed by atoms with Gasteiger partial charge in [-0.2, -0.15) is 0 Å². The van der Waals surface area contributed by atoms with E-state index in [1.54, 1.807) is 11.3 Å². The minimum atomic E-state index is 0.345. The highest BCUT2D eigenvalue weighted by molar-refractivity contribution is 7.25. The van der Waals surface area contributed by atoms with E-state index >= 15 is 0 Å². The van der Waals surface area contributed by atoms with Crippen LogP contribution in [0.25, 0.3) is 20.2 Å². The van der Waals surface area contributed by atoms with Crippen LogP contribution in [-0.2, 0) is 0 Å². The zero-order valence-electron chi connectivity index (χ0n) is 8.82. The maximum absolute atomic E-state index is 10.2. The first-order valence-corrected chi connectivity index (χ1v) is 5.94. The van der Waals surface area contributed by atoms with Gasteiger partial charge in [-0.1, -0.05) is 18.2 Å². The largest absolute Gasteiger partial charge is 0.505 e. The first kappa shape index (κ1) is 9.48. The molecule has 0 aliphatic carbocycles. The van der Waals surface area contributed by atoms with Crippen LogP contribution in [0.3, 0.4) is 0 Å². The van der Waals surface area contributed by atoms with Crippen molar-refractivity contribution in [2.45, 2.75) is 0 Å². The van der Waals surface area contributed by atoms with Gasteiger partial charge in [-0.15, -0.1) is 11.3 Å². The number of thiophene rings is 1. The van der Waals surface area contributed by atoms with Crippen molar-refractivity contribution in [2.24, 2.45) is 0 Å². The smallest absolute Gasteiger partial charge is 0.147 e. The molecule has 1 heterocycles. The molecule has 16 heavy (non-hydrogen) atoms. The van der Waals surface area contributed by atoms with Gasteiger partial charge >= 0.3 is 0 Å². The molecule has 1 aromatic heterocycles. The maximum Gasteiger partial charge on any atom is 0.147 e. The fourth-order valence-corrected chi connectivity index (χ4v) is 3.11. The Hall–Kier alpha value is -1.74. The van der Waals surface area contributed by atoms with Gasteiger partial charge in [-0.3, -0.25) is 0 Å². The Kier molecular flexibility index (Phi) is 2.01. The third-order valence-electron chi connectivity index (χ3n) is 2.79. The van der Waals surface area contributed by atoms with Crippen LogP contribution < -0.4 is 5.32 Å². The van der Waals surface area contributed by atoms with Crippen molar-refractivity contribution in [3.05, 3.63) is 36.4 Å². The second-order valence-electron chi connectivity index (χ2n) is 3.68. The number of hydrogen-bond donors (Lipinski definition) is 2. The Labute approximate surface area is 97.1 Å². The molecule has 0 amide bonds. The number of nitrogens with one attached hydrogen (secondary N) is 1. The molecule has 3 heteroatoms. The number of hydrogen-bond acceptors (Lipinski definition) is 3. The van der Waals surface area contributed by atoms with Gasteiger partial charge in [-0.25, -0.2) is 0 Å². The number of aromatic hydroxyl groups is 1. The van der Waals surface area contributed by atoms with Gasteiger partial charge in [0.2, 0.25) is 0 Å². The van der Waals surface area contributed by atoms with Crippen LogP contribution in [0.4, 0.5) is 5.69 Å². The molecule has 0 saturated carbocycles. The van der Waals surface area contributed by atoms with Crippen molar-refractivity contribution >= 4 is 37.2 Å². The van der Waals surface area contributed by atoms with Gasteiger partial charge in [0.05, 0.1) is 5.69 Å². The average molecular weight is 229 g/mol. The summed E-state index contributed by atoms with van der Waals surface area (Å²) in [4.78, 5) is 0. The van der Waals surface area contributed by atoms with E-state index in [9.17, 15) is 5.11 Å². The lowest BCUT2D eigenvalue weighted by molar-refractivity contribution is 0.484. The van der Waals surface area contributed by atoms with Crippen LogP contribution in [0.1, 0.15) is 0 Å². The topological polar surface area (TPSA) is 32.3 Å². The molecule has 0 saturated heterocycles. The summed E-state index contributed by atoms with van der Waals surface area (Å²) in [7, 11) is 1.81. The molecule has 3 aromatic rings. The van der Waals surface area contributed by atoms with E-state index in [1.807, 2.05) is 37.4 Å². The molecule has 0 aliphatic heterocycles. The van der Waals surface area contributed by atoms with E-state index in [-0.39, 0.29) is 0 Å². The second-order valence-corrected chi connectivity index (χ2v) is 4.77. The van der Waals surface area contributed by atoms with Gasteiger partial charge in [0.15, 0.2) is 0 Å². The SMILES string of the molecule is CNc1ccc2sc3ccccc3c2c1O. The maximum atomic E-state index is 10.2. The number of anilines is 1. The lowest BCUT2D eigenvalue weighted by Gasteiger charge is -2.04. The molecule has 2 nitrogen and oxygen atoms in total. The molecule has 0 radical (unpaired) electrons. The highest BCUT2D eigenvalue weighted by Crippen LogP contribution is 2.42. The molecule has 0 spiro atoms. The summed E-state index contributed by atoms with van der Waals surface area (Å²) < 4.78 is 2.33. The first-order chi connectivity index (χ1) is 7.81. The summed E-state index contributed by atoms with van der Waals surface area (Å²) in [5.41, 5.74) is 0.774. The molecule has 80 valence electrons. The monoisotopic (exact) mass is 229 g/mol. The summed E-state index contributed by atoms with van der Waals surface area (Å²) in [6.07, 6.45) is 0. The fraction of sp³-hybridized carbons (Fsp3) is 0.0769. The van der Waals surface area contributed by atoms with Crippen LogP contribution in [0, 0.1) is 0 Å². The van der Waals surface area contributed by atoms with E-state index in [4.69, 9.17) is 0 Å². The zero-order valence-corrected chi connectivity index (χ0v) is 9.64. The Morgan fingerprint density at radius 3 is 2.69 bits per heavy atom. The summed E-state index contributed by atoms with van der Waals surface area (Å²) >= 11 is 1.71. The molecular formula is C13H11NOS. The van der Waals surface area contributed by atoms with Gasteiger partial charge in [-0.05, 0) is 18.2 Å². The van der Waals surface area contributed by atoms with Gasteiger partial charge in [0.25, 0.3) is 0 Å². The van der Waals surface area contributed by atoms with Crippen LogP contribution in [0.15, 0.2) is 36.4 Å². The Balaban J connectivity index is 2.53. The third-order valence-corrected chi connectivity index (χ3v) is 3.92. The summed E-state index contributed by atoms with van der Waals surface area (Å²) in [6, 6.07) is 12.1. The predicted molar refractivity (Wildman–Crippen MR) is 70.5 cm³/mol. The lowest BCUT2D eigenvalue weighted by atomic mass is 10.1. The van der Waals surface area contributed by atoms with E-state index in [1.165, 1.54) is 4.70 Å². The van der Waals surface area contributed by atoms with Crippen LogP contribution in [0.5, 0.6) is 5.75 Å². The molecule has 2 N–H and O–H groups in total. The Morgan fingerprint density at radius 2 is 1.88 bits per heavy atom. The standard InChI is InChI=1S/C13H11NOS/c1-14-9-6-7-11-12(13(9)15)8-4-2-3-5-10(8)16-11/h2-7,14-15H,1H3. The van der Waals surface area contributed by atoms with Crippen molar-refractivity contribution in [3.63, 3.8) is 0 Å². The molecule has 3 rings (SSSR count). The van der Waals surface area contributed by atoms with Gasteiger partial charge < -0.3 is 10.4 Å². The fourth-order valence-electron chi connectivity index (χ4n) is 2.00. The molecular weight excluding hydrogens is 218 g/mol. The van der Waals surface area contributed by atoms with Crippen molar-refractivity contribution in [3.8, 4) is 5.75 Å². The van der Waals surface area contributed by atoms with Crippen molar-refractivity contribution in [1.29, 1.82) is 0 Å². The second kappa shape index (κ2) is 3.39. The minimum Gasteiger partial charge on any atom is -0.505 e. The normalized spacial score (nSPS) is 11.1. The van der Waals surface area contributed by atoms with E-state index < -0.39 is 0 Å². The Morgan fingerprint density at radius 1 is 1.06 bits per heavy atom. The van der Waals surface area contributed by atoms with E-state index in [0.29, 0.717) is 5.75 Å². The number of benzene rings is 2. The van der Waals surface area contributed by atoms with Crippen molar-refractivity contribution in [1.82, 2.24) is 0 Å². The van der Waals surface area contributed by atoms with E-state index in [2.05, 4.69) is 11.4 Å².